The predicted molar refractivity (Wildman–Crippen MR) is 87.0 cm³/mol. The molecule has 1 spiro atoms. The van der Waals surface area contributed by atoms with Gasteiger partial charge in [-0.15, -0.1) is 0 Å². The van der Waals surface area contributed by atoms with Gasteiger partial charge < -0.3 is 14.4 Å². The summed E-state index contributed by atoms with van der Waals surface area (Å²) in [4.78, 5) is 15.0. The highest BCUT2D eigenvalue weighted by atomic mass is 16.7. The van der Waals surface area contributed by atoms with Gasteiger partial charge in [0.25, 0.3) is 11.7 Å². The fourth-order valence-electron chi connectivity index (χ4n) is 3.41. The number of aryl methyl sites for hydroxylation is 1. The number of carbonyl (C=O) groups excluding carboxylic acids is 1. The van der Waals surface area contributed by atoms with E-state index in [0.717, 1.165) is 28.8 Å². The van der Waals surface area contributed by atoms with Crippen LogP contribution in [0.25, 0.3) is 0 Å². The molecule has 0 saturated carbocycles. The van der Waals surface area contributed by atoms with Crippen LogP contribution >= 0.6 is 0 Å². The van der Waals surface area contributed by atoms with E-state index >= 15 is 0 Å². The molecule has 2 aromatic rings. The largest absolute Gasteiger partial charge is 0.338 e. The van der Waals surface area contributed by atoms with Gasteiger partial charge in [-0.3, -0.25) is 4.79 Å². The zero-order valence-corrected chi connectivity index (χ0v) is 13.1. The number of hydrogen-bond acceptors (Lipinski definition) is 3. The first-order valence-electron chi connectivity index (χ1n) is 7.96. The number of rotatable bonds is 2. The molecule has 0 unspecified atom stereocenters. The smallest absolute Gasteiger partial charge is 0.292 e. The van der Waals surface area contributed by atoms with E-state index in [-0.39, 0.29) is 5.91 Å². The van der Waals surface area contributed by atoms with Crippen LogP contribution in [0.3, 0.4) is 0 Å². The molecule has 2 heterocycles. The topological polar surface area (TPSA) is 38.8 Å². The SMILES string of the molecule is Cc1cccc2c1N(Cc1ccccc1)C(=O)C21OCCCO1. The van der Waals surface area contributed by atoms with Crippen molar-refractivity contribution >= 4 is 11.6 Å². The summed E-state index contributed by atoms with van der Waals surface area (Å²) in [5.74, 6) is -1.38. The summed E-state index contributed by atoms with van der Waals surface area (Å²) < 4.78 is 11.7. The fourth-order valence-corrected chi connectivity index (χ4v) is 3.41. The molecule has 4 nitrogen and oxygen atoms in total. The molecule has 2 aromatic carbocycles. The molecule has 0 bridgehead atoms. The number of nitrogens with zero attached hydrogens (tertiary/aromatic N) is 1. The molecule has 1 amide bonds. The van der Waals surface area contributed by atoms with E-state index in [4.69, 9.17) is 9.47 Å². The molecule has 0 aromatic heterocycles. The Morgan fingerprint density at radius 2 is 1.78 bits per heavy atom. The van der Waals surface area contributed by atoms with E-state index in [0.29, 0.717) is 19.8 Å². The predicted octanol–water partition coefficient (Wildman–Crippen LogP) is 3.13. The first kappa shape index (κ1) is 14.4. The van der Waals surface area contributed by atoms with Crippen LogP contribution in [0.5, 0.6) is 0 Å². The van der Waals surface area contributed by atoms with Crippen LogP contribution in [0.15, 0.2) is 48.5 Å². The first-order valence-corrected chi connectivity index (χ1v) is 7.96. The lowest BCUT2D eigenvalue weighted by molar-refractivity contribution is -0.256. The lowest BCUT2D eigenvalue weighted by Gasteiger charge is -2.32. The molecular formula is C19H19NO3. The molecule has 23 heavy (non-hydrogen) atoms. The summed E-state index contributed by atoms with van der Waals surface area (Å²) in [6, 6.07) is 15.9. The van der Waals surface area contributed by atoms with Gasteiger partial charge in [0.2, 0.25) is 0 Å². The van der Waals surface area contributed by atoms with E-state index < -0.39 is 5.79 Å². The van der Waals surface area contributed by atoms with Gasteiger partial charge in [0.05, 0.1) is 25.4 Å². The Hall–Kier alpha value is -2.17. The van der Waals surface area contributed by atoms with E-state index in [2.05, 4.69) is 0 Å². The van der Waals surface area contributed by atoms with Gasteiger partial charge in [-0.2, -0.15) is 0 Å². The van der Waals surface area contributed by atoms with E-state index in [1.165, 1.54) is 0 Å². The van der Waals surface area contributed by atoms with Crippen LogP contribution in [0.1, 0.15) is 23.1 Å². The highest BCUT2D eigenvalue weighted by Crippen LogP contribution is 2.47. The summed E-state index contributed by atoms with van der Waals surface area (Å²) in [6.45, 7) is 3.62. The number of fused-ring (bicyclic) bond motifs is 2. The van der Waals surface area contributed by atoms with Crippen LogP contribution in [0.2, 0.25) is 0 Å². The van der Waals surface area contributed by atoms with Gasteiger partial charge in [0.1, 0.15) is 0 Å². The second kappa shape index (κ2) is 5.48. The number of ether oxygens (including phenoxy) is 2. The summed E-state index contributed by atoms with van der Waals surface area (Å²) in [7, 11) is 0. The van der Waals surface area contributed by atoms with Crippen LogP contribution in [-0.2, 0) is 26.6 Å². The van der Waals surface area contributed by atoms with Crippen LogP contribution < -0.4 is 4.90 Å². The fraction of sp³-hybridized carbons (Fsp3) is 0.316. The van der Waals surface area contributed by atoms with Crippen molar-refractivity contribution in [3.63, 3.8) is 0 Å². The Kier molecular flexibility index (Phi) is 3.43. The minimum Gasteiger partial charge on any atom is -0.338 e. The number of anilines is 1. The zero-order valence-electron chi connectivity index (χ0n) is 13.1. The summed E-state index contributed by atoms with van der Waals surface area (Å²) in [6.07, 6.45) is 0.814. The third-order valence-corrected chi connectivity index (χ3v) is 4.47. The van der Waals surface area contributed by atoms with Crippen LogP contribution in [0, 0.1) is 6.92 Å². The standard InChI is InChI=1S/C19H19NO3/c1-14-7-5-10-16-17(14)20(13-15-8-3-2-4-9-15)18(21)19(16)22-11-6-12-23-19/h2-5,7-10H,6,11-13H2,1H3. The van der Waals surface area contributed by atoms with E-state index in [1.807, 2.05) is 55.5 Å². The summed E-state index contributed by atoms with van der Waals surface area (Å²) in [5.41, 5.74) is 3.89. The molecule has 118 valence electrons. The minimum absolute atomic E-state index is 0.120. The van der Waals surface area contributed by atoms with Crippen molar-refractivity contribution in [2.75, 3.05) is 18.1 Å². The van der Waals surface area contributed by atoms with Crippen LogP contribution in [0.4, 0.5) is 5.69 Å². The normalized spacial score (nSPS) is 19.2. The van der Waals surface area contributed by atoms with E-state index in [1.54, 1.807) is 4.90 Å². The Bertz CT molecular complexity index is 736. The first-order chi connectivity index (χ1) is 11.2. The number of para-hydroxylation sites is 1. The lowest BCUT2D eigenvalue weighted by Crippen LogP contribution is -2.47. The van der Waals surface area contributed by atoms with Gasteiger partial charge in [-0.25, -0.2) is 0 Å². The Balaban J connectivity index is 1.80. The molecule has 4 heteroatoms. The van der Waals surface area contributed by atoms with Gasteiger partial charge >= 0.3 is 0 Å². The van der Waals surface area contributed by atoms with Crippen LogP contribution in [-0.4, -0.2) is 19.1 Å². The minimum atomic E-state index is -1.26. The zero-order chi connectivity index (χ0) is 15.9. The molecule has 0 aliphatic carbocycles. The number of hydrogen-bond donors (Lipinski definition) is 0. The van der Waals surface area contributed by atoms with Crippen molar-refractivity contribution < 1.29 is 14.3 Å². The molecular weight excluding hydrogens is 290 g/mol. The van der Waals surface area contributed by atoms with Crippen molar-refractivity contribution in [1.82, 2.24) is 0 Å². The number of carbonyl (C=O) groups is 1. The van der Waals surface area contributed by atoms with Gasteiger partial charge in [0, 0.05) is 5.56 Å². The highest BCUT2D eigenvalue weighted by Gasteiger charge is 2.55. The Morgan fingerprint density at radius 1 is 1.04 bits per heavy atom. The Morgan fingerprint density at radius 3 is 2.52 bits per heavy atom. The van der Waals surface area contributed by atoms with Gasteiger partial charge in [0.15, 0.2) is 0 Å². The molecule has 0 N–H and O–H groups in total. The lowest BCUT2D eigenvalue weighted by atomic mass is 10.0. The molecule has 4 rings (SSSR count). The molecule has 1 saturated heterocycles. The van der Waals surface area contributed by atoms with Gasteiger partial charge in [-0.05, 0) is 24.5 Å². The molecule has 2 aliphatic rings. The third kappa shape index (κ3) is 2.18. The maximum Gasteiger partial charge on any atom is 0.292 e. The maximum absolute atomic E-state index is 13.2. The monoisotopic (exact) mass is 309 g/mol. The molecule has 2 aliphatic heterocycles. The molecule has 0 atom stereocenters. The van der Waals surface area contributed by atoms with Crippen molar-refractivity contribution in [2.45, 2.75) is 25.7 Å². The van der Waals surface area contributed by atoms with Crippen molar-refractivity contribution in [3.05, 3.63) is 65.2 Å². The number of benzene rings is 2. The number of amides is 1. The van der Waals surface area contributed by atoms with Gasteiger partial charge in [-0.1, -0.05) is 48.5 Å². The quantitative estimate of drug-likeness (QED) is 0.855. The average molecular weight is 309 g/mol. The summed E-state index contributed by atoms with van der Waals surface area (Å²) >= 11 is 0. The molecule has 1 fully saturated rings. The average Bonchev–Trinajstić information content (AvgIpc) is 2.81. The highest BCUT2D eigenvalue weighted by molar-refractivity contribution is 6.06. The maximum atomic E-state index is 13.2. The van der Waals surface area contributed by atoms with E-state index in [9.17, 15) is 4.79 Å². The summed E-state index contributed by atoms with van der Waals surface area (Å²) in [5, 5.41) is 0. The third-order valence-electron chi connectivity index (χ3n) is 4.47. The van der Waals surface area contributed by atoms with Crippen molar-refractivity contribution in [3.8, 4) is 0 Å². The second-order valence-corrected chi connectivity index (χ2v) is 6.02. The van der Waals surface area contributed by atoms with Crippen molar-refractivity contribution in [1.29, 1.82) is 0 Å². The second-order valence-electron chi connectivity index (χ2n) is 6.02. The molecule has 0 radical (unpaired) electrons. The Labute approximate surface area is 135 Å². The van der Waals surface area contributed by atoms with Crippen molar-refractivity contribution in [2.24, 2.45) is 0 Å².